The molecule has 0 aliphatic heterocycles. The monoisotopic (exact) mass is 433 g/mol. The number of aromatic nitrogens is 4. The normalized spacial score (nSPS) is 11.6. The average Bonchev–Trinajstić information content (AvgIpc) is 3.14. The molecular formula is C19H11ClF3N5O2. The Bertz CT molecular complexity index is 1330. The summed E-state index contributed by atoms with van der Waals surface area (Å²) in [5.74, 6) is -1.10. The maximum Gasteiger partial charge on any atom is 0.417 e. The smallest absolute Gasteiger partial charge is 0.267 e. The molecule has 0 aliphatic rings. The van der Waals surface area contributed by atoms with Gasteiger partial charge in [0.2, 0.25) is 0 Å². The second kappa shape index (κ2) is 7.30. The quantitative estimate of drug-likeness (QED) is 0.535. The first-order chi connectivity index (χ1) is 14.3. The molecule has 0 fully saturated rings. The summed E-state index contributed by atoms with van der Waals surface area (Å²) in [7, 11) is 0. The van der Waals surface area contributed by atoms with Gasteiger partial charge in [-0.1, -0.05) is 29.8 Å². The van der Waals surface area contributed by atoms with Crippen LogP contribution in [0.4, 0.5) is 13.2 Å². The van der Waals surface area contributed by atoms with Crippen LogP contribution in [0.2, 0.25) is 5.02 Å². The predicted octanol–water partition coefficient (Wildman–Crippen LogP) is 3.64. The zero-order valence-corrected chi connectivity index (χ0v) is 15.6. The van der Waals surface area contributed by atoms with Crippen LogP contribution in [-0.4, -0.2) is 25.3 Å². The highest BCUT2D eigenvalue weighted by Gasteiger charge is 2.35. The zero-order valence-electron chi connectivity index (χ0n) is 14.9. The van der Waals surface area contributed by atoms with Crippen molar-refractivity contribution in [2.45, 2.75) is 6.18 Å². The van der Waals surface area contributed by atoms with Crippen LogP contribution in [0.1, 0.15) is 15.9 Å². The summed E-state index contributed by atoms with van der Waals surface area (Å²) in [5, 5.41) is 4.63. The fraction of sp³-hybridized carbons (Fsp3) is 0.0526. The minimum atomic E-state index is -4.72. The van der Waals surface area contributed by atoms with Gasteiger partial charge in [0.25, 0.3) is 11.5 Å². The first-order valence-corrected chi connectivity index (χ1v) is 8.82. The second-order valence-corrected chi connectivity index (χ2v) is 6.61. The van der Waals surface area contributed by atoms with Crippen molar-refractivity contribution in [1.82, 2.24) is 19.4 Å². The number of hydrogen-bond donors (Lipinski definition) is 1. The van der Waals surface area contributed by atoms with E-state index in [0.29, 0.717) is 15.4 Å². The molecule has 0 saturated carbocycles. The molecule has 152 valence electrons. The minimum Gasteiger partial charge on any atom is -0.267 e. The van der Waals surface area contributed by atoms with Crippen LogP contribution in [0.15, 0.2) is 65.8 Å². The Kier molecular flexibility index (Phi) is 4.78. The number of nitrogens with one attached hydrogen (secondary N) is 1. The van der Waals surface area contributed by atoms with Gasteiger partial charge in [-0.25, -0.2) is 14.3 Å². The number of rotatable bonds is 3. The van der Waals surface area contributed by atoms with Gasteiger partial charge in [0, 0.05) is 5.02 Å². The lowest BCUT2D eigenvalue weighted by atomic mass is 10.1. The highest BCUT2D eigenvalue weighted by molar-refractivity contribution is 6.30. The van der Waals surface area contributed by atoms with Crippen LogP contribution >= 0.6 is 11.6 Å². The molecule has 0 aliphatic carbocycles. The number of carbonyl (C=O) groups excluding carboxylic acids is 1. The van der Waals surface area contributed by atoms with E-state index in [9.17, 15) is 22.8 Å². The Hall–Kier alpha value is -3.66. The van der Waals surface area contributed by atoms with E-state index in [2.05, 4.69) is 15.5 Å². The van der Waals surface area contributed by atoms with Crippen molar-refractivity contribution in [2.75, 3.05) is 5.43 Å². The third-order valence-electron chi connectivity index (χ3n) is 4.24. The van der Waals surface area contributed by atoms with Crippen LogP contribution in [0.3, 0.4) is 0 Å². The number of halogens is 4. The van der Waals surface area contributed by atoms with Gasteiger partial charge in [0.05, 0.1) is 23.0 Å². The van der Waals surface area contributed by atoms with Gasteiger partial charge in [-0.15, -0.1) is 0 Å². The number of nitrogens with zero attached hydrogens (tertiary/aromatic N) is 4. The highest BCUT2D eigenvalue weighted by Crippen LogP contribution is 2.31. The summed E-state index contributed by atoms with van der Waals surface area (Å²) in [6.07, 6.45) is -2.47. The van der Waals surface area contributed by atoms with Gasteiger partial charge in [-0.2, -0.15) is 18.3 Å². The van der Waals surface area contributed by atoms with Crippen LogP contribution in [-0.2, 0) is 6.18 Å². The molecule has 0 spiro atoms. The van der Waals surface area contributed by atoms with Crippen molar-refractivity contribution in [3.63, 3.8) is 0 Å². The van der Waals surface area contributed by atoms with E-state index in [1.165, 1.54) is 23.0 Å². The lowest BCUT2D eigenvalue weighted by molar-refractivity contribution is -0.137. The lowest BCUT2D eigenvalue weighted by Gasteiger charge is -2.13. The topological polar surface area (TPSA) is 81.8 Å². The maximum absolute atomic E-state index is 13.1. The van der Waals surface area contributed by atoms with Crippen molar-refractivity contribution in [1.29, 1.82) is 0 Å². The fourth-order valence-corrected chi connectivity index (χ4v) is 3.07. The lowest BCUT2D eigenvalue weighted by Crippen LogP contribution is -2.34. The number of alkyl halides is 3. The second-order valence-electron chi connectivity index (χ2n) is 6.18. The number of benzene rings is 2. The first-order valence-electron chi connectivity index (χ1n) is 8.44. The van der Waals surface area contributed by atoms with E-state index in [4.69, 9.17) is 11.6 Å². The molecule has 2 heterocycles. The van der Waals surface area contributed by atoms with Gasteiger partial charge in [0.15, 0.2) is 5.65 Å². The van der Waals surface area contributed by atoms with Crippen LogP contribution < -0.4 is 11.0 Å². The molecular weight excluding hydrogens is 423 g/mol. The van der Waals surface area contributed by atoms with Crippen LogP contribution in [0, 0.1) is 0 Å². The van der Waals surface area contributed by atoms with Gasteiger partial charge in [0.1, 0.15) is 11.7 Å². The summed E-state index contributed by atoms with van der Waals surface area (Å²) in [6.45, 7) is 0. The molecule has 0 saturated heterocycles. The van der Waals surface area contributed by atoms with Crippen molar-refractivity contribution in [3.8, 4) is 5.69 Å². The van der Waals surface area contributed by atoms with Gasteiger partial charge < -0.3 is 0 Å². The summed E-state index contributed by atoms with van der Waals surface area (Å²) >= 11 is 5.97. The SMILES string of the molecule is O=C(Nn1cnc2c(cnn2-c2cccc(Cl)c2)c1=O)c1ccccc1C(F)(F)F. The molecule has 11 heteroatoms. The van der Waals surface area contributed by atoms with Gasteiger partial charge >= 0.3 is 6.18 Å². The molecule has 0 radical (unpaired) electrons. The molecule has 1 N–H and O–H groups in total. The predicted molar refractivity (Wildman–Crippen MR) is 103 cm³/mol. The summed E-state index contributed by atoms with van der Waals surface area (Å²) in [4.78, 5) is 29.2. The molecule has 0 bridgehead atoms. The van der Waals surface area contributed by atoms with Crippen molar-refractivity contribution >= 4 is 28.5 Å². The molecule has 30 heavy (non-hydrogen) atoms. The maximum atomic E-state index is 13.1. The first kappa shape index (κ1) is 19.6. The average molecular weight is 434 g/mol. The van der Waals surface area contributed by atoms with E-state index in [-0.39, 0.29) is 11.0 Å². The Morgan fingerprint density at radius 3 is 2.60 bits per heavy atom. The van der Waals surface area contributed by atoms with Crippen molar-refractivity contribution < 1.29 is 18.0 Å². The summed E-state index contributed by atoms with van der Waals surface area (Å²) < 4.78 is 41.5. The molecule has 0 unspecified atom stereocenters. The number of amides is 1. The van der Waals surface area contributed by atoms with Crippen molar-refractivity contribution in [2.24, 2.45) is 0 Å². The number of carbonyl (C=O) groups is 1. The van der Waals surface area contributed by atoms with E-state index < -0.39 is 28.8 Å². The van der Waals surface area contributed by atoms with E-state index in [1.807, 2.05) is 0 Å². The van der Waals surface area contributed by atoms with Crippen LogP contribution in [0.5, 0.6) is 0 Å². The molecule has 2 aromatic carbocycles. The third kappa shape index (κ3) is 3.52. The van der Waals surface area contributed by atoms with Gasteiger partial charge in [-0.3, -0.25) is 15.0 Å². The molecule has 7 nitrogen and oxygen atoms in total. The zero-order chi connectivity index (χ0) is 21.5. The highest BCUT2D eigenvalue weighted by atomic mass is 35.5. The molecule has 4 rings (SSSR count). The summed E-state index contributed by atoms with van der Waals surface area (Å²) in [6, 6.07) is 11.0. The van der Waals surface area contributed by atoms with E-state index in [0.717, 1.165) is 18.5 Å². The Morgan fingerprint density at radius 2 is 1.87 bits per heavy atom. The standard InChI is InChI=1S/C19H11ClF3N5O2/c20-11-4-3-5-12(8-11)28-16-14(9-25-28)18(30)27(10-24-16)26-17(29)13-6-1-2-7-15(13)19(21,22)23/h1-10H,(H,26,29). The Labute approximate surface area is 171 Å². The third-order valence-corrected chi connectivity index (χ3v) is 4.48. The summed E-state index contributed by atoms with van der Waals surface area (Å²) in [5.41, 5.74) is 0.458. The Morgan fingerprint density at radius 1 is 1.10 bits per heavy atom. The molecule has 0 atom stereocenters. The van der Waals surface area contributed by atoms with E-state index >= 15 is 0 Å². The van der Waals surface area contributed by atoms with Gasteiger partial charge in [-0.05, 0) is 30.3 Å². The van der Waals surface area contributed by atoms with E-state index in [1.54, 1.807) is 24.3 Å². The molecule has 1 amide bonds. The van der Waals surface area contributed by atoms with Crippen LogP contribution in [0.25, 0.3) is 16.7 Å². The fourth-order valence-electron chi connectivity index (χ4n) is 2.89. The minimum absolute atomic E-state index is 0.0573. The number of hydrogen-bond acceptors (Lipinski definition) is 4. The number of fused-ring (bicyclic) bond motifs is 1. The molecule has 4 aromatic rings. The Balaban J connectivity index is 1.71. The van der Waals surface area contributed by atoms with Crippen molar-refractivity contribution in [3.05, 3.63) is 87.6 Å². The molecule has 2 aromatic heterocycles. The largest absolute Gasteiger partial charge is 0.417 e.